The first-order valence-corrected chi connectivity index (χ1v) is 23.9. The molecule has 346 valence electrons. The summed E-state index contributed by atoms with van der Waals surface area (Å²) >= 11 is 0. The van der Waals surface area contributed by atoms with Gasteiger partial charge in [-0.15, -0.1) is 0 Å². The number of carbonyl (C=O) groups is 4. The van der Waals surface area contributed by atoms with E-state index in [4.69, 9.17) is 19.4 Å². The highest BCUT2D eigenvalue weighted by atomic mass is 32.2. The van der Waals surface area contributed by atoms with Crippen molar-refractivity contribution in [3.63, 3.8) is 0 Å². The number of halogens is 3. The molecule has 15 nitrogen and oxygen atoms in total. The van der Waals surface area contributed by atoms with Crippen LogP contribution in [0.25, 0.3) is 33.3 Å². The van der Waals surface area contributed by atoms with Gasteiger partial charge in [0.25, 0.3) is 5.91 Å². The lowest BCUT2D eigenvalue weighted by Gasteiger charge is -2.30. The number of benzene rings is 2. The second kappa shape index (κ2) is 16.9. The smallest absolute Gasteiger partial charge is 0.416 e. The molecule has 65 heavy (non-hydrogen) atoms. The van der Waals surface area contributed by atoms with Gasteiger partial charge in [-0.25, -0.2) is 18.2 Å². The van der Waals surface area contributed by atoms with Crippen LogP contribution >= 0.6 is 0 Å². The second-order valence-electron chi connectivity index (χ2n) is 18.4. The number of sulfonamides is 1. The molecule has 3 aliphatic carbocycles. The molecule has 3 N–H and O–H groups in total. The Hall–Kier alpha value is -5.72. The van der Waals surface area contributed by atoms with Crippen LogP contribution in [-0.2, 0) is 42.4 Å². The van der Waals surface area contributed by atoms with Crippen LogP contribution < -0.4 is 20.1 Å². The van der Waals surface area contributed by atoms with Crippen molar-refractivity contribution in [3.05, 3.63) is 66.2 Å². The van der Waals surface area contributed by atoms with Crippen LogP contribution in [0.5, 0.6) is 5.88 Å². The Morgan fingerprint density at radius 3 is 2.38 bits per heavy atom. The second-order valence-corrected chi connectivity index (χ2v) is 20.6. The Bertz CT molecular complexity index is 2680. The first-order chi connectivity index (χ1) is 31.0. The van der Waals surface area contributed by atoms with Crippen molar-refractivity contribution in [1.29, 1.82) is 0 Å². The van der Waals surface area contributed by atoms with Crippen LogP contribution in [0.2, 0.25) is 0 Å². The summed E-state index contributed by atoms with van der Waals surface area (Å²) in [4.78, 5) is 67.8. The van der Waals surface area contributed by atoms with Crippen molar-refractivity contribution in [1.82, 2.24) is 34.8 Å². The number of fused-ring (bicyclic) bond motifs is 5. The normalized spacial score (nSPS) is 26.6. The Balaban J connectivity index is 1.07. The monoisotopic (exact) mass is 919 g/mol. The van der Waals surface area contributed by atoms with Gasteiger partial charge in [-0.1, -0.05) is 55.3 Å². The standard InChI is InChI=1S/C46H52F3N7O8S/c1-44(22-23-44)65(61,62)54-42(59)45-25-29(45)12-6-4-3-5-7-16-33(50-43(60)64-30-13-8-9-14-30)41(58)56-26-31(24-35(56)39(57)53-45)63-40-36-32-15-10-11-17-34(32)55(2)38(36)51-37(52-40)27-18-20-28(21-19-27)46(47,48)49/h6,10-12,15,17-21,29-31,33,35H,3-5,7-9,13-14,16,22-26H2,1-2H3,(H,50,60)(H,53,57)(H,54,59)/b12-6-/t29-,31-,33+,35+,45-/m1/s1. The van der Waals surface area contributed by atoms with Crippen LogP contribution in [0.1, 0.15) is 96.0 Å². The molecule has 2 aliphatic heterocycles. The predicted octanol–water partition coefficient (Wildman–Crippen LogP) is 6.59. The van der Waals surface area contributed by atoms with Crippen LogP contribution in [0, 0.1) is 5.92 Å². The lowest BCUT2D eigenvalue weighted by Crippen LogP contribution is -2.58. The van der Waals surface area contributed by atoms with Gasteiger partial charge in [0.1, 0.15) is 35.5 Å². The fraction of sp³-hybridized carbons (Fsp3) is 0.522. The number of hydrogen-bond donors (Lipinski definition) is 3. The lowest BCUT2D eigenvalue weighted by atomic mass is 10.0. The number of hydrogen-bond acceptors (Lipinski definition) is 10. The summed E-state index contributed by atoms with van der Waals surface area (Å²) in [5.41, 5.74) is -0.967. The maximum Gasteiger partial charge on any atom is 0.416 e. The fourth-order valence-corrected chi connectivity index (χ4v) is 10.8. The molecular weight excluding hydrogens is 868 g/mol. The highest BCUT2D eigenvalue weighted by Gasteiger charge is 2.63. The number of amides is 4. The summed E-state index contributed by atoms with van der Waals surface area (Å²) < 4.78 is 82.6. The van der Waals surface area contributed by atoms with Crippen molar-refractivity contribution in [2.75, 3.05) is 6.54 Å². The van der Waals surface area contributed by atoms with E-state index in [-0.39, 0.29) is 49.2 Å². The number of nitrogens with one attached hydrogen (secondary N) is 3. The molecule has 0 radical (unpaired) electrons. The Labute approximate surface area is 373 Å². The van der Waals surface area contributed by atoms with Crippen LogP contribution in [-0.4, -0.2) is 92.8 Å². The zero-order valence-electron chi connectivity index (χ0n) is 36.2. The number of allylic oxidation sites excluding steroid dienone is 1. The van der Waals surface area contributed by atoms with Gasteiger partial charge < -0.3 is 29.6 Å². The number of ether oxygens (including phenoxy) is 2. The molecule has 0 bridgehead atoms. The molecule has 5 aliphatic rings. The maximum absolute atomic E-state index is 14.9. The molecule has 4 aromatic rings. The van der Waals surface area contributed by atoms with E-state index in [2.05, 4.69) is 15.4 Å². The lowest BCUT2D eigenvalue weighted by molar-refractivity contribution is -0.141. The quantitative estimate of drug-likeness (QED) is 0.163. The fourth-order valence-electron chi connectivity index (χ4n) is 9.46. The van der Waals surface area contributed by atoms with Crippen molar-refractivity contribution < 1.29 is 50.2 Å². The summed E-state index contributed by atoms with van der Waals surface area (Å²) in [6.07, 6.45) is 4.31. The van der Waals surface area contributed by atoms with E-state index in [0.29, 0.717) is 43.1 Å². The molecule has 2 aromatic carbocycles. The SMILES string of the molecule is Cn1c2ccccc2c2c(O[C@@H]3C[C@H]4C(=O)N[C@]5(C(=O)NS(=O)(=O)C6(C)CC6)C[C@H]5/C=C\CCCCC[C@H](NC(=O)OC5CCCC5)C(=O)N4C3)nc(-c3ccc(C(F)(F)F)cc3)nc21. The molecule has 5 atom stereocenters. The topological polar surface area (TPSA) is 191 Å². The van der Waals surface area contributed by atoms with Gasteiger partial charge in [0.15, 0.2) is 5.82 Å². The van der Waals surface area contributed by atoms with Crippen molar-refractivity contribution in [2.45, 2.75) is 131 Å². The van der Waals surface area contributed by atoms with Crippen LogP contribution in [0.4, 0.5) is 18.0 Å². The van der Waals surface area contributed by atoms with E-state index in [1.54, 1.807) is 14.0 Å². The third-order valence-electron chi connectivity index (χ3n) is 13.8. The molecular formula is C46H52F3N7O8S. The highest BCUT2D eigenvalue weighted by Crippen LogP contribution is 2.48. The molecule has 0 unspecified atom stereocenters. The summed E-state index contributed by atoms with van der Waals surface area (Å²) in [7, 11) is -2.27. The number of alkyl carbamates (subject to hydrolysis) is 1. The van der Waals surface area contributed by atoms with Crippen molar-refractivity contribution >= 4 is 55.8 Å². The number of alkyl halides is 3. The van der Waals surface area contributed by atoms with E-state index in [1.165, 1.54) is 17.0 Å². The molecule has 3 saturated carbocycles. The van der Waals surface area contributed by atoms with E-state index in [0.717, 1.165) is 55.1 Å². The van der Waals surface area contributed by atoms with Gasteiger partial charge in [0, 0.05) is 30.3 Å². The molecule has 0 spiro atoms. The molecule has 4 heterocycles. The zero-order chi connectivity index (χ0) is 45.9. The minimum Gasteiger partial charge on any atom is -0.472 e. The van der Waals surface area contributed by atoms with Gasteiger partial charge in [0.2, 0.25) is 27.7 Å². The molecule has 9 rings (SSSR count). The molecule has 2 aromatic heterocycles. The number of aromatic nitrogens is 3. The molecule has 4 amide bonds. The summed E-state index contributed by atoms with van der Waals surface area (Å²) in [5, 5.41) is 6.89. The zero-order valence-corrected chi connectivity index (χ0v) is 37.0. The van der Waals surface area contributed by atoms with Crippen LogP contribution in [0.3, 0.4) is 0 Å². The van der Waals surface area contributed by atoms with Crippen LogP contribution in [0.15, 0.2) is 60.7 Å². The Morgan fingerprint density at radius 2 is 1.66 bits per heavy atom. The minimum atomic E-state index is -4.56. The number of carbonyl (C=O) groups excluding carboxylic acids is 4. The van der Waals surface area contributed by atoms with Crippen molar-refractivity contribution in [3.8, 4) is 17.3 Å². The first kappa shape index (κ1) is 44.5. The minimum absolute atomic E-state index is 0.0686. The van der Waals surface area contributed by atoms with Gasteiger partial charge >= 0.3 is 12.3 Å². The Morgan fingerprint density at radius 1 is 0.938 bits per heavy atom. The van der Waals surface area contributed by atoms with Crippen molar-refractivity contribution in [2.24, 2.45) is 13.0 Å². The first-order valence-electron chi connectivity index (χ1n) is 22.4. The number of rotatable bonds is 8. The van der Waals surface area contributed by atoms with Gasteiger partial charge in [-0.3, -0.25) is 19.1 Å². The maximum atomic E-state index is 14.9. The number of nitrogens with zero attached hydrogens (tertiary/aromatic N) is 4. The molecule has 19 heteroatoms. The number of para-hydroxylation sites is 1. The highest BCUT2D eigenvalue weighted by molar-refractivity contribution is 7.91. The van der Waals surface area contributed by atoms with E-state index in [9.17, 15) is 40.8 Å². The van der Waals surface area contributed by atoms with E-state index in [1.807, 2.05) is 41.0 Å². The summed E-state index contributed by atoms with van der Waals surface area (Å²) in [6, 6.07) is 9.53. The van der Waals surface area contributed by atoms with E-state index >= 15 is 0 Å². The predicted molar refractivity (Wildman–Crippen MR) is 233 cm³/mol. The third-order valence-corrected chi connectivity index (χ3v) is 16.0. The van der Waals surface area contributed by atoms with Gasteiger partial charge in [-0.2, -0.15) is 18.2 Å². The molecule has 1 saturated heterocycles. The average Bonchev–Trinajstić information content (AvgIpc) is 3.98. The van der Waals surface area contributed by atoms with Gasteiger partial charge in [-0.05, 0) is 89.3 Å². The summed E-state index contributed by atoms with van der Waals surface area (Å²) in [6.45, 7) is 1.40. The Kier molecular flexibility index (Phi) is 11.6. The largest absolute Gasteiger partial charge is 0.472 e. The third kappa shape index (κ3) is 8.75. The number of aryl methyl sites for hydroxylation is 1. The summed E-state index contributed by atoms with van der Waals surface area (Å²) in [5.74, 6) is -2.50. The van der Waals surface area contributed by atoms with E-state index < -0.39 is 80.0 Å². The van der Waals surface area contributed by atoms with Gasteiger partial charge in [0.05, 0.1) is 27.8 Å². The molecule has 4 fully saturated rings. The average molecular weight is 920 g/mol.